The summed E-state index contributed by atoms with van der Waals surface area (Å²) < 4.78 is 66.0. The maximum Gasteiger partial charge on any atom is 0.417 e. The Kier molecular flexibility index (Phi) is 6.79. The minimum atomic E-state index is -4.50. The normalized spacial score (nSPS) is 18.7. The number of fused-ring (bicyclic) bond motifs is 1. The summed E-state index contributed by atoms with van der Waals surface area (Å²) in [6.07, 6.45) is -4.67. The lowest BCUT2D eigenvalue weighted by atomic mass is 9.97. The average Bonchev–Trinajstić information content (AvgIpc) is 3.34. The van der Waals surface area contributed by atoms with Gasteiger partial charge < -0.3 is 10.4 Å². The molecule has 0 aliphatic carbocycles. The maximum atomic E-state index is 13.3. The average molecular weight is 557 g/mol. The van der Waals surface area contributed by atoms with Crippen LogP contribution < -0.4 is 5.32 Å². The lowest BCUT2D eigenvalue weighted by Gasteiger charge is -2.35. The number of H-pyrrole nitrogens is 1. The van der Waals surface area contributed by atoms with Crippen molar-refractivity contribution < 1.29 is 26.7 Å². The first-order valence-corrected chi connectivity index (χ1v) is 13.4. The largest absolute Gasteiger partial charge is 0.417 e. The number of hydrogen-bond donors (Lipinski definition) is 3. The summed E-state index contributed by atoms with van der Waals surface area (Å²) in [5.74, 6) is 0.157. The molecule has 4 aromatic rings. The number of benzene rings is 2. The Morgan fingerprint density at radius 1 is 1.15 bits per heavy atom. The number of aliphatic hydroxyl groups excluding tert-OH is 1. The fourth-order valence-corrected chi connectivity index (χ4v) is 6.23. The van der Waals surface area contributed by atoms with Crippen LogP contribution in [0, 0.1) is 18.3 Å². The lowest BCUT2D eigenvalue weighted by molar-refractivity contribution is -0.137. The molecule has 0 saturated carbocycles. The van der Waals surface area contributed by atoms with E-state index in [4.69, 9.17) is 0 Å². The Labute approximate surface area is 222 Å². The molecular weight excluding hydrogens is 533 g/mol. The number of hydrogen-bond acceptors (Lipinski definition) is 7. The van der Waals surface area contributed by atoms with Crippen LogP contribution in [0.1, 0.15) is 23.2 Å². The summed E-state index contributed by atoms with van der Waals surface area (Å²) in [4.78, 5) is 3.82. The lowest BCUT2D eigenvalue weighted by Crippen LogP contribution is -2.51. The number of nitriles is 1. The SMILES string of the molecule is Cc1c(-c2ccc(S(=O)(=O)N3CC[C@@H](Nc4ccc(C(F)(F)F)cn4)[C@@H](O)C3)cc2)ccc2[nH]nc(C#N)c12. The van der Waals surface area contributed by atoms with Gasteiger partial charge in [-0.25, -0.2) is 13.4 Å². The van der Waals surface area contributed by atoms with Crippen molar-refractivity contribution in [2.24, 2.45) is 0 Å². The first-order chi connectivity index (χ1) is 18.5. The second kappa shape index (κ2) is 9.96. The van der Waals surface area contributed by atoms with Crippen LogP contribution in [0.5, 0.6) is 0 Å². The van der Waals surface area contributed by atoms with Crippen molar-refractivity contribution in [2.45, 2.75) is 36.6 Å². The number of anilines is 1. The molecule has 2 aromatic carbocycles. The number of alkyl halides is 3. The molecule has 0 unspecified atom stereocenters. The van der Waals surface area contributed by atoms with Gasteiger partial charge in [0.05, 0.1) is 28.1 Å². The third kappa shape index (κ3) is 5.06. The molecule has 0 amide bonds. The van der Waals surface area contributed by atoms with E-state index in [0.29, 0.717) is 11.6 Å². The van der Waals surface area contributed by atoms with E-state index >= 15 is 0 Å². The van der Waals surface area contributed by atoms with Crippen LogP contribution in [-0.2, 0) is 16.2 Å². The molecule has 0 bridgehead atoms. The van der Waals surface area contributed by atoms with Crippen LogP contribution in [-0.4, -0.2) is 58.2 Å². The van der Waals surface area contributed by atoms with E-state index in [-0.39, 0.29) is 35.9 Å². The van der Waals surface area contributed by atoms with Gasteiger partial charge in [0, 0.05) is 24.7 Å². The highest BCUT2D eigenvalue weighted by Crippen LogP contribution is 2.32. The van der Waals surface area contributed by atoms with E-state index in [2.05, 4.69) is 26.6 Å². The summed E-state index contributed by atoms with van der Waals surface area (Å²) >= 11 is 0. The molecule has 2 atom stereocenters. The monoisotopic (exact) mass is 556 g/mol. The highest BCUT2D eigenvalue weighted by molar-refractivity contribution is 7.89. The maximum absolute atomic E-state index is 13.3. The van der Waals surface area contributed by atoms with E-state index in [1.54, 1.807) is 12.1 Å². The molecule has 1 saturated heterocycles. The molecule has 3 heterocycles. The fraction of sp³-hybridized carbons (Fsp3) is 0.269. The number of rotatable bonds is 5. The highest BCUT2D eigenvalue weighted by atomic mass is 32.2. The fourth-order valence-electron chi connectivity index (χ4n) is 4.76. The summed E-state index contributed by atoms with van der Waals surface area (Å²) in [5.41, 5.74) is 2.58. The number of piperidine rings is 1. The first kappa shape index (κ1) is 26.6. The Morgan fingerprint density at radius 2 is 1.90 bits per heavy atom. The molecule has 1 fully saturated rings. The van der Waals surface area contributed by atoms with Gasteiger partial charge in [-0.3, -0.25) is 5.10 Å². The van der Waals surface area contributed by atoms with Gasteiger partial charge in [-0.2, -0.15) is 27.8 Å². The van der Waals surface area contributed by atoms with Crippen molar-refractivity contribution in [1.82, 2.24) is 19.5 Å². The second-order valence-electron chi connectivity index (χ2n) is 9.27. The molecule has 0 radical (unpaired) electrons. The molecule has 3 N–H and O–H groups in total. The minimum absolute atomic E-state index is 0.0639. The molecule has 9 nitrogen and oxygen atoms in total. The van der Waals surface area contributed by atoms with Crippen molar-refractivity contribution in [3.63, 3.8) is 0 Å². The van der Waals surface area contributed by atoms with Gasteiger partial charge in [-0.05, 0) is 60.4 Å². The minimum Gasteiger partial charge on any atom is -0.390 e. The molecule has 0 spiro atoms. The van der Waals surface area contributed by atoms with Crippen molar-refractivity contribution in [2.75, 3.05) is 18.4 Å². The van der Waals surface area contributed by atoms with E-state index in [9.17, 15) is 32.0 Å². The van der Waals surface area contributed by atoms with Gasteiger partial charge in [0.1, 0.15) is 11.9 Å². The molecule has 202 valence electrons. The van der Waals surface area contributed by atoms with Crippen LogP contribution in [0.15, 0.2) is 59.6 Å². The zero-order valence-corrected chi connectivity index (χ0v) is 21.4. The van der Waals surface area contributed by atoms with Crippen LogP contribution in [0.25, 0.3) is 22.0 Å². The Bertz CT molecular complexity index is 1660. The van der Waals surface area contributed by atoms with Gasteiger partial charge in [-0.15, -0.1) is 0 Å². The summed E-state index contributed by atoms with van der Waals surface area (Å²) in [6.45, 7) is 1.79. The van der Waals surface area contributed by atoms with Crippen molar-refractivity contribution in [1.29, 1.82) is 5.26 Å². The predicted octanol–water partition coefficient (Wildman–Crippen LogP) is 4.06. The number of nitrogens with zero attached hydrogens (tertiary/aromatic N) is 4. The van der Waals surface area contributed by atoms with Gasteiger partial charge >= 0.3 is 6.18 Å². The third-order valence-corrected chi connectivity index (χ3v) is 8.75. The van der Waals surface area contributed by atoms with Crippen molar-refractivity contribution in [3.05, 3.63) is 71.5 Å². The van der Waals surface area contributed by atoms with Gasteiger partial charge in [0.15, 0.2) is 5.69 Å². The number of halogens is 3. The number of nitrogens with one attached hydrogen (secondary N) is 2. The van der Waals surface area contributed by atoms with Crippen LogP contribution in [0.4, 0.5) is 19.0 Å². The van der Waals surface area contributed by atoms with E-state index in [0.717, 1.165) is 28.3 Å². The van der Waals surface area contributed by atoms with E-state index in [1.165, 1.54) is 22.5 Å². The number of aromatic nitrogens is 3. The Balaban J connectivity index is 1.29. The second-order valence-corrected chi connectivity index (χ2v) is 11.2. The topological polar surface area (TPSA) is 135 Å². The zero-order chi connectivity index (χ0) is 27.9. The molecule has 5 rings (SSSR count). The van der Waals surface area contributed by atoms with E-state index in [1.807, 2.05) is 19.1 Å². The standard InChI is InChI=1S/C26H23F3N6O3S/c1-15-19(7-8-21-25(15)22(12-30)34-33-21)16-2-5-18(6-3-16)39(37,38)35-11-10-20(23(36)14-35)32-24-9-4-17(13-31-24)26(27,28)29/h2-9,13,20,23,36H,10-11,14H2,1H3,(H,31,32)(H,33,34)/t20-,23+/m1/s1. The van der Waals surface area contributed by atoms with Crippen molar-refractivity contribution in [3.8, 4) is 17.2 Å². The Hall–Kier alpha value is -3.99. The molecule has 1 aliphatic rings. The van der Waals surface area contributed by atoms with Gasteiger partial charge in [0.2, 0.25) is 10.0 Å². The third-order valence-electron chi connectivity index (χ3n) is 6.87. The predicted molar refractivity (Wildman–Crippen MR) is 137 cm³/mol. The highest BCUT2D eigenvalue weighted by Gasteiger charge is 2.35. The van der Waals surface area contributed by atoms with Crippen LogP contribution in [0.3, 0.4) is 0 Å². The van der Waals surface area contributed by atoms with E-state index < -0.39 is 33.9 Å². The molecular formula is C26H23F3N6O3S. The summed E-state index contributed by atoms with van der Waals surface area (Å²) in [7, 11) is -3.91. The Morgan fingerprint density at radius 3 is 2.51 bits per heavy atom. The number of aryl methyl sites for hydroxylation is 1. The molecule has 1 aliphatic heterocycles. The van der Waals surface area contributed by atoms with Crippen molar-refractivity contribution >= 4 is 26.7 Å². The smallest absolute Gasteiger partial charge is 0.390 e. The van der Waals surface area contributed by atoms with Gasteiger partial charge in [0.25, 0.3) is 0 Å². The van der Waals surface area contributed by atoms with Crippen LogP contribution in [0.2, 0.25) is 0 Å². The molecule has 39 heavy (non-hydrogen) atoms. The number of β-amino-alcohol motifs (C(OH)–C–C–N with tert-alkyl or cyclic N) is 1. The number of aliphatic hydroxyl groups is 1. The summed E-state index contributed by atoms with van der Waals surface area (Å²) in [6, 6.07) is 13.6. The number of pyridine rings is 1. The zero-order valence-electron chi connectivity index (χ0n) is 20.6. The summed E-state index contributed by atoms with van der Waals surface area (Å²) in [5, 5.41) is 30.4. The molecule has 13 heteroatoms. The molecule has 2 aromatic heterocycles. The first-order valence-electron chi connectivity index (χ1n) is 12.0. The quantitative estimate of drug-likeness (QED) is 0.337. The number of sulfonamides is 1. The van der Waals surface area contributed by atoms with Crippen LogP contribution >= 0.6 is 0 Å². The number of aromatic amines is 1. The van der Waals surface area contributed by atoms with Gasteiger partial charge in [-0.1, -0.05) is 18.2 Å².